The topological polar surface area (TPSA) is 65.1 Å². The van der Waals surface area contributed by atoms with Crippen LogP contribution in [0.4, 0.5) is 0 Å². The molecule has 4 rings (SSSR count). The van der Waals surface area contributed by atoms with Gasteiger partial charge in [0.25, 0.3) is 0 Å². The van der Waals surface area contributed by atoms with E-state index < -0.39 is 9.84 Å². The normalized spacial score (nSPS) is 18.1. The minimum absolute atomic E-state index is 0.214. The minimum atomic E-state index is -3.61. The lowest BCUT2D eigenvalue weighted by atomic mass is 10.2. The summed E-state index contributed by atoms with van der Waals surface area (Å²) in [7, 11) is -3.61. The van der Waals surface area contributed by atoms with Gasteiger partial charge in [-0.1, -0.05) is 29.8 Å². The molecular formula is C24H24O5S. The molecule has 0 radical (unpaired) electrons. The van der Waals surface area contributed by atoms with Crippen LogP contribution in [0.2, 0.25) is 0 Å². The van der Waals surface area contributed by atoms with E-state index in [1.165, 1.54) is 5.56 Å². The van der Waals surface area contributed by atoms with Crippen LogP contribution in [0.25, 0.3) is 0 Å². The summed E-state index contributed by atoms with van der Waals surface area (Å²) in [4.78, 5) is 0.440. The van der Waals surface area contributed by atoms with E-state index in [-0.39, 0.29) is 15.4 Å². The van der Waals surface area contributed by atoms with Crippen molar-refractivity contribution in [1.29, 1.82) is 0 Å². The quantitative estimate of drug-likeness (QED) is 0.496. The molecule has 1 fully saturated rings. The van der Waals surface area contributed by atoms with Crippen LogP contribution in [0.5, 0.6) is 11.5 Å². The average molecular weight is 425 g/mol. The maximum Gasteiger partial charge on any atom is 0.206 e. The molecule has 1 aliphatic rings. The van der Waals surface area contributed by atoms with Crippen LogP contribution < -0.4 is 9.47 Å². The van der Waals surface area contributed by atoms with Crippen LogP contribution in [0.15, 0.2) is 82.6 Å². The van der Waals surface area contributed by atoms with Crippen LogP contribution in [0, 0.1) is 6.92 Å². The summed E-state index contributed by atoms with van der Waals surface area (Å²) in [5.41, 5.74) is 2.04. The number of hydrogen-bond acceptors (Lipinski definition) is 5. The van der Waals surface area contributed by atoms with Gasteiger partial charge in [0.2, 0.25) is 9.84 Å². The SMILES string of the molecule is Cc1ccc(COc2ccc(S(=O)(=O)c3ccc(OCC4(C)CO4)cc3)cc2)cc1. The van der Waals surface area contributed by atoms with Crippen LogP contribution in [0.1, 0.15) is 18.1 Å². The number of epoxide rings is 1. The summed E-state index contributed by atoms with van der Waals surface area (Å²) in [6.07, 6.45) is 0. The largest absolute Gasteiger partial charge is 0.491 e. The molecule has 0 amide bonds. The number of ether oxygens (including phenoxy) is 3. The molecule has 1 aliphatic heterocycles. The summed E-state index contributed by atoms with van der Waals surface area (Å²) in [5.74, 6) is 1.24. The lowest BCUT2D eigenvalue weighted by Crippen LogP contribution is -2.16. The molecule has 0 aromatic heterocycles. The van der Waals surface area contributed by atoms with E-state index >= 15 is 0 Å². The maximum atomic E-state index is 12.9. The standard InChI is InChI=1S/C24H24O5S/c1-18-3-5-19(6-4-18)15-27-20-7-11-22(12-8-20)30(25,26)23-13-9-21(10-14-23)28-16-24(2)17-29-24/h3-14H,15-17H2,1-2H3. The molecule has 1 heterocycles. The third-order valence-corrected chi connectivity index (χ3v) is 6.76. The Morgan fingerprint density at radius 2 is 1.33 bits per heavy atom. The molecule has 0 aliphatic carbocycles. The van der Waals surface area contributed by atoms with E-state index in [9.17, 15) is 8.42 Å². The van der Waals surface area contributed by atoms with Crippen molar-refractivity contribution in [2.75, 3.05) is 13.2 Å². The molecule has 1 saturated heterocycles. The van der Waals surface area contributed by atoms with E-state index in [0.29, 0.717) is 31.3 Å². The molecule has 0 bridgehead atoms. The lowest BCUT2D eigenvalue weighted by Gasteiger charge is -2.10. The zero-order chi connectivity index (χ0) is 21.2. The summed E-state index contributed by atoms with van der Waals surface area (Å²) in [6, 6.07) is 21.0. The Morgan fingerprint density at radius 1 is 0.833 bits per heavy atom. The molecule has 30 heavy (non-hydrogen) atoms. The summed E-state index contributed by atoms with van der Waals surface area (Å²) in [6.45, 7) is 5.57. The van der Waals surface area contributed by atoms with Gasteiger partial charge in [0.05, 0.1) is 16.4 Å². The zero-order valence-corrected chi connectivity index (χ0v) is 17.8. The van der Waals surface area contributed by atoms with Gasteiger partial charge in [-0.2, -0.15) is 0 Å². The molecule has 6 heteroatoms. The molecule has 1 unspecified atom stereocenters. The monoisotopic (exact) mass is 424 g/mol. The smallest absolute Gasteiger partial charge is 0.206 e. The fourth-order valence-corrected chi connectivity index (χ4v) is 4.12. The molecule has 0 saturated carbocycles. The van der Waals surface area contributed by atoms with Crippen molar-refractivity contribution in [3.05, 3.63) is 83.9 Å². The Kier molecular flexibility index (Phi) is 5.54. The van der Waals surface area contributed by atoms with Gasteiger partial charge in [-0.3, -0.25) is 0 Å². The van der Waals surface area contributed by atoms with Crippen molar-refractivity contribution in [3.8, 4) is 11.5 Å². The van der Waals surface area contributed by atoms with Crippen LogP contribution in [-0.2, 0) is 21.2 Å². The van der Waals surface area contributed by atoms with Crippen LogP contribution >= 0.6 is 0 Å². The molecule has 3 aromatic carbocycles. The number of sulfone groups is 1. The first-order valence-corrected chi connectivity index (χ1v) is 11.2. The zero-order valence-electron chi connectivity index (χ0n) is 17.0. The van der Waals surface area contributed by atoms with Gasteiger partial charge in [-0.25, -0.2) is 8.42 Å². The van der Waals surface area contributed by atoms with E-state index in [4.69, 9.17) is 14.2 Å². The molecule has 0 N–H and O–H groups in total. The van der Waals surface area contributed by atoms with Gasteiger partial charge in [0, 0.05) is 0 Å². The number of benzene rings is 3. The van der Waals surface area contributed by atoms with Crippen molar-refractivity contribution in [2.45, 2.75) is 35.8 Å². The van der Waals surface area contributed by atoms with Gasteiger partial charge in [-0.15, -0.1) is 0 Å². The fourth-order valence-electron chi connectivity index (χ4n) is 2.86. The Morgan fingerprint density at radius 3 is 1.83 bits per heavy atom. The lowest BCUT2D eigenvalue weighted by molar-refractivity contribution is 0.202. The highest BCUT2D eigenvalue weighted by Crippen LogP contribution is 2.28. The van der Waals surface area contributed by atoms with Gasteiger partial charge < -0.3 is 14.2 Å². The highest BCUT2D eigenvalue weighted by molar-refractivity contribution is 7.91. The highest BCUT2D eigenvalue weighted by atomic mass is 32.2. The molecule has 3 aromatic rings. The van der Waals surface area contributed by atoms with Crippen LogP contribution in [-0.4, -0.2) is 27.2 Å². The first kappa shape index (κ1) is 20.4. The van der Waals surface area contributed by atoms with Crippen LogP contribution in [0.3, 0.4) is 0 Å². The predicted molar refractivity (Wildman–Crippen MR) is 114 cm³/mol. The second-order valence-electron chi connectivity index (χ2n) is 7.75. The second-order valence-corrected chi connectivity index (χ2v) is 9.70. The van der Waals surface area contributed by atoms with Crippen molar-refractivity contribution < 1.29 is 22.6 Å². The average Bonchev–Trinajstić information content (AvgIpc) is 3.50. The van der Waals surface area contributed by atoms with Gasteiger partial charge in [0.15, 0.2) is 0 Å². The summed E-state index contributed by atoms with van der Waals surface area (Å²) in [5, 5.41) is 0. The molecular weight excluding hydrogens is 400 g/mol. The fraction of sp³-hybridized carbons (Fsp3) is 0.250. The van der Waals surface area contributed by atoms with E-state index in [0.717, 1.165) is 5.56 Å². The van der Waals surface area contributed by atoms with Gasteiger partial charge in [-0.05, 0) is 67.9 Å². The van der Waals surface area contributed by atoms with E-state index in [1.54, 1.807) is 48.5 Å². The summed E-state index contributed by atoms with van der Waals surface area (Å²) < 4.78 is 42.5. The van der Waals surface area contributed by atoms with E-state index in [2.05, 4.69) is 0 Å². The Balaban J connectivity index is 1.40. The minimum Gasteiger partial charge on any atom is -0.491 e. The van der Waals surface area contributed by atoms with Crippen molar-refractivity contribution in [3.63, 3.8) is 0 Å². The van der Waals surface area contributed by atoms with E-state index in [1.807, 2.05) is 38.1 Å². The number of aryl methyl sites for hydroxylation is 1. The Labute approximate surface area is 177 Å². The third kappa shape index (κ3) is 4.83. The molecule has 5 nitrogen and oxygen atoms in total. The van der Waals surface area contributed by atoms with Crippen molar-refractivity contribution in [1.82, 2.24) is 0 Å². The first-order valence-electron chi connectivity index (χ1n) is 9.74. The molecule has 0 spiro atoms. The Bertz CT molecular complexity index is 1100. The predicted octanol–water partition coefficient (Wildman–Crippen LogP) is 4.57. The third-order valence-electron chi connectivity index (χ3n) is 4.98. The number of hydrogen-bond donors (Lipinski definition) is 0. The second kappa shape index (κ2) is 8.13. The Hall–Kier alpha value is -2.83. The first-order chi connectivity index (χ1) is 14.3. The number of rotatable bonds is 8. The van der Waals surface area contributed by atoms with Crippen molar-refractivity contribution >= 4 is 9.84 Å². The molecule has 1 atom stereocenters. The van der Waals surface area contributed by atoms with Gasteiger partial charge in [0.1, 0.15) is 30.3 Å². The maximum absolute atomic E-state index is 12.9. The van der Waals surface area contributed by atoms with Gasteiger partial charge >= 0.3 is 0 Å². The summed E-state index contributed by atoms with van der Waals surface area (Å²) >= 11 is 0. The molecule has 156 valence electrons. The van der Waals surface area contributed by atoms with Crippen molar-refractivity contribution in [2.24, 2.45) is 0 Å². The highest BCUT2D eigenvalue weighted by Gasteiger charge is 2.40.